The lowest BCUT2D eigenvalue weighted by Crippen LogP contribution is -2.49. The lowest BCUT2D eigenvalue weighted by atomic mass is 9.81. The van der Waals surface area contributed by atoms with E-state index < -0.39 is 0 Å². The molecular formula is C15H32N2OS. The minimum atomic E-state index is 0.320. The molecule has 1 rings (SSSR count). The van der Waals surface area contributed by atoms with Gasteiger partial charge in [0, 0.05) is 37.4 Å². The van der Waals surface area contributed by atoms with Crippen molar-refractivity contribution in [3.05, 3.63) is 0 Å². The molecule has 1 unspecified atom stereocenters. The Hall–Kier alpha value is 0.230. The highest BCUT2D eigenvalue weighted by molar-refractivity contribution is 7.98. The van der Waals surface area contributed by atoms with Crippen LogP contribution >= 0.6 is 11.8 Å². The molecular weight excluding hydrogens is 256 g/mol. The van der Waals surface area contributed by atoms with Gasteiger partial charge in [-0.25, -0.2) is 0 Å². The summed E-state index contributed by atoms with van der Waals surface area (Å²) in [4.78, 5) is 2.47. The molecule has 4 heteroatoms. The van der Waals surface area contributed by atoms with Crippen molar-refractivity contribution < 1.29 is 4.74 Å². The largest absolute Gasteiger partial charge is 0.381 e. The topological polar surface area (TPSA) is 24.5 Å². The second-order valence-electron chi connectivity index (χ2n) is 6.41. The molecule has 0 aliphatic carbocycles. The van der Waals surface area contributed by atoms with Crippen LogP contribution < -0.4 is 5.32 Å². The van der Waals surface area contributed by atoms with Crippen molar-refractivity contribution in [2.45, 2.75) is 26.7 Å². The van der Waals surface area contributed by atoms with Crippen LogP contribution in [-0.4, -0.2) is 63.3 Å². The molecule has 1 fully saturated rings. The molecule has 0 aromatic rings. The molecule has 19 heavy (non-hydrogen) atoms. The zero-order valence-corrected chi connectivity index (χ0v) is 14.0. The zero-order chi connectivity index (χ0) is 14.1. The number of ether oxygens (including phenoxy) is 1. The first-order chi connectivity index (χ1) is 9.08. The van der Waals surface area contributed by atoms with Crippen molar-refractivity contribution in [1.29, 1.82) is 0 Å². The maximum atomic E-state index is 5.78. The molecule has 0 bridgehead atoms. The Labute approximate surface area is 123 Å². The minimum absolute atomic E-state index is 0.320. The van der Waals surface area contributed by atoms with E-state index in [0.29, 0.717) is 5.41 Å². The smallest absolute Gasteiger partial charge is 0.0546 e. The summed E-state index contributed by atoms with van der Waals surface area (Å²) in [7, 11) is 2.25. The quantitative estimate of drug-likeness (QED) is 0.704. The standard InChI is InChI=1S/C15H32N2OS/c1-14(2)10-16-11-15(6-5-8-18-13-15)12-17(3)7-9-19-4/h14,16H,5-13H2,1-4H3. The van der Waals surface area contributed by atoms with E-state index in [4.69, 9.17) is 4.74 Å². The van der Waals surface area contributed by atoms with E-state index in [2.05, 4.69) is 37.4 Å². The summed E-state index contributed by atoms with van der Waals surface area (Å²) in [6.07, 6.45) is 4.68. The van der Waals surface area contributed by atoms with Gasteiger partial charge in [0.1, 0.15) is 0 Å². The second kappa shape index (κ2) is 9.22. The van der Waals surface area contributed by atoms with Gasteiger partial charge in [0.05, 0.1) is 6.61 Å². The van der Waals surface area contributed by atoms with Crippen LogP contribution in [0.3, 0.4) is 0 Å². The Morgan fingerprint density at radius 2 is 2.21 bits per heavy atom. The van der Waals surface area contributed by atoms with Gasteiger partial charge in [0.25, 0.3) is 0 Å². The summed E-state index contributed by atoms with van der Waals surface area (Å²) in [6.45, 7) is 10.9. The lowest BCUT2D eigenvalue weighted by Gasteiger charge is -2.40. The van der Waals surface area contributed by atoms with Gasteiger partial charge in [0.2, 0.25) is 0 Å². The van der Waals surface area contributed by atoms with E-state index in [9.17, 15) is 0 Å². The van der Waals surface area contributed by atoms with Crippen molar-refractivity contribution in [1.82, 2.24) is 10.2 Å². The molecule has 0 amide bonds. The fourth-order valence-corrected chi connectivity index (χ4v) is 3.25. The molecule has 0 spiro atoms. The Kier molecular flexibility index (Phi) is 8.38. The normalized spacial score (nSPS) is 24.3. The Morgan fingerprint density at radius 1 is 1.42 bits per heavy atom. The summed E-state index contributed by atoms with van der Waals surface area (Å²) < 4.78 is 5.78. The zero-order valence-electron chi connectivity index (χ0n) is 13.2. The first kappa shape index (κ1) is 17.3. The summed E-state index contributed by atoms with van der Waals surface area (Å²) >= 11 is 1.92. The maximum Gasteiger partial charge on any atom is 0.0546 e. The highest BCUT2D eigenvalue weighted by Crippen LogP contribution is 2.29. The van der Waals surface area contributed by atoms with Crippen molar-refractivity contribution >= 4 is 11.8 Å². The minimum Gasteiger partial charge on any atom is -0.381 e. The first-order valence-corrected chi connectivity index (χ1v) is 8.93. The number of nitrogens with zero attached hydrogens (tertiary/aromatic N) is 1. The molecule has 1 aliphatic rings. The molecule has 1 atom stereocenters. The number of hydrogen-bond donors (Lipinski definition) is 1. The summed E-state index contributed by atoms with van der Waals surface area (Å²) in [5, 5.41) is 3.64. The molecule has 3 nitrogen and oxygen atoms in total. The highest BCUT2D eigenvalue weighted by atomic mass is 32.2. The lowest BCUT2D eigenvalue weighted by molar-refractivity contribution is -0.0221. The number of hydrogen-bond acceptors (Lipinski definition) is 4. The average Bonchev–Trinajstić information content (AvgIpc) is 2.37. The van der Waals surface area contributed by atoms with Crippen molar-refractivity contribution in [2.75, 3.05) is 58.4 Å². The third-order valence-corrected chi connectivity index (χ3v) is 4.33. The third-order valence-electron chi connectivity index (χ3n) is 3.74. The van der Waals surface area contributed by atoms with Gasteiger partial charge in [0.15, 0.2) is 0 Å². The van der Waals surface area contributed by atoms with Crippen LogP contribution in [0.2, 0.25) is 0 Å². The van der Waals surface area contributed by atoms with Crippen LogP contribution in [0.15, 0.2) is 0 Å². The molecule has 1 N–H and O–H groups in total. The predicted octanol–water partition coefficient (Wildman–Crippen LogP) is 2.32. The Bertz CT molecular complexity index is 230. The molecule has 0 saturated carbocycles. The van der Waals surface area contributed by atoms with Gasteiger partial charge in [-0.3, -0.25) is 0 Å². The van der Waals surface area contributed by atoms with Gasteiger partial charge in [-0.05, 0) is 38.6 Å². The van der Waals surface area contributed by atoms with Crippen molar-refractivity contribution in [3.8, 4) is 0 Å². The molecule has 0 aromatic carbocycles. The second-order valence-corrected chi connectivity index (χ2v) is 7.40. The van der Waals surface area contributed by atoms with E-state index in [0.717, 1.165) is 38.8 Å². The van der Waals surface area contributed by atoms with Crippen molar-refractivity contribution in [2.24, 2.45) is 11.3 Å². The van der Waals surface area contributed by atoms with Gasteiger partial charge in [-0.15, -0.1) is 0 Å². The highest BCUT2D eigenvalue weighted by Gasteiger charge is 2.33. The van der Waals surface area contributed by atoms with E-state index in [1.54, 1.807) is 0 Å². The van der Waals surface area contributed by atoms with Crippen LogP contribution in [0.1, 0.15) is 26.7 Å². The van der Waals surface area contributed by atoms with Gasteiger partial charge < -0.3 is 15.0 Å². The van der Waals surface area contributed by atoms with E-state index >= 15 is 0 Å². The van der Waals surface area contributed by atoms with E-state index in [1.165, 1.54) is 25.1 Å². The monoisotopic (exact) mass is 288 g/mol. The van der Waals surface area contributed by atoms with Crippen LogP contribution in [0.5, 0.6) is 0 Å². The fourth-order valence-electron chi connectivity index (χ4n) is 2.75. The summed E-state index contributed by atoms with van der Waals surface area (Å²) in [5.74, 6) is 1.93. The van der Waals surface area contributed by atoms with Gasteiger partial charge in [-0.2, -0.15) is 11.8 Å². The Morgan fingerprint density at radius 3 is 2.79 bits per heavy atom. The summed E-state index contributed by atoms with van der Waals surface area (Å²) in [5.41, 5.74) is 0.320. The molecule has 0 radical (unpaired) electrons. The van der Waals surface area contributed by atoms with Crippen LogP contribution in [-0.2, 0) is 4.74 Å². The average molecular weight is 289 g/mol. The van der Waals surface area contributed by atoms with E-state index in [1.807, 2.05) is 11.8 Å². The number of thioether (sulfide) groups is 1. The van der Waals surface area contributed by atoms with Crippen LogP contribution in [0.25, 0.3) is 0 Å². The SMILES string of the molecule is CSCCN(C)CC1(CNCC(C)C)CCCOC1. The summed E-state index contributed by atoms with van der Waals surface area (Å²) in [6, 6.07) is 0. The van der Waals surface area contributed by atoms with Crippen molar-refractivity contribution in [3.63, 3.8) is 0 Å². The third kappa shape index (κ3) is 6.98. The fraction of sp³-hybridized carbons (Fsp3) is 1.00. The molecule has 0 aromatic heterocycles. The van der Waals surface area contributed by atoms with Crippen LogP contribution in [0, 0.1) is 11.3 Å². The Balaban J connectivity index is 2.44. The predicted molar refractivity (Wildman–Crippen MR) is 86.1 cm³/mol. The maximum absolute atomic E-state index is 5.78. The molecule has 114 valence electrons. The first-order valence-electron chi connectivity index (χ1n) is 7.54. The number of rotatable bonds is 9. The van der Waals surface area contributed by atoms with Gasteiger partial charge in [-0.1, -0.05) is 13.8 Å². The number of nitrogens with one attached hydrogen (secondary N) is 1. The molecule has 1 heterocycles. The van der Waals surface area contributed by atoms with Gasteiger partial charge >= 0.3 is 0 Å². The molecule has 1 aliphatic heterocycles. The van der Waals surface area contributed by atoms with E-state index in [-0.39, 0.29) is 0 Å². The molecule has 1 saturated heterocycles. The van der Waals surface area contributed by atoms with Crippen LogP contribution in [0.4, 0.5) is 0 Å².